The zero-order valence-electron chi connectivity index (χ0n) is 13.9. The third-order valence-corrected chi connectivity index (χ3v) is 5.11. The monoisotopic (exact) mass is 428 g/mol. The number of thiazole rings is 2. The van der Waals surface area contributed by atoms with Crippen LogP contribution in [0, 0.1) is 0 Å². The Morgan fingerprint density at radius 2 is 1.81 bits per heavy atom. The van der Waals surface area contributed by atoms with Gasteiger partial charge >= 0.3 is 18.0 Å². The van der Waals surface area contributed by atoms with Crippen molar-refractivity contribution in [2.45, 2.75) is 38.3 Å². The number of amides is 2. The Morgan fingerprint density at radius 3 is 2.37 bits per heavy atom. The third-order valence-electron chi connectivity index (χ3n) is 3.09. The van der Waals surface area contributed by atoms with Gasteiger partial charge < -0.3 is 5.32 Å². The molecule has 2 rings (SSSR count). The molecule has 0 aromatic carbocycles. The lowest BCUT2D eigenvalue weighted by molar-refractivity contribution is -0.267. The van der Waals surface area contributed by atoms with Crippen molar-refractivity contribution < 1.29 is 31.5 Å². The highest BCUT2D eigenvalue weighted by Gasteiger charge is 2.63. The van der Waals surface area contributed by atoms with Gasteiger partial charge in [0.05, 0.1) is 12.1 Å². The van der Waals surface area contributed by atoms with Crippen molar-refractivity contribution in [2.75, 3.05) is 10.6 Å². The average Bonchev–Trinajstić information content (AvgIpc) is 3.15. The molecule has 0 unspecified atom stereocenters. The lowest BCUT2D eigenvalue weighted by atomic mass is 10.2. The third kappa shape index (κ3) is 5.19. The van der Waals surface area contributed by atoms with Crippen LogP contribution in [0.4, 0.5) is 32.2 Å². The lowest BCUT2D eigenvalue weighted by Crippen LogP contribution is -2.47. The minimum absolute atomic E-state index is 0.101. The van der Waals surface area contributed by atoms with E-state index in [0.717, 1.165) is 4.88 Å². The molecule has 0 spiro atoms. The number of anilines is 2. The summed E-state index contributed by atoms with van der Waals surface area (Å²) in [5, 5.41) is 5.11. The fourth-order valence-corrected chi connectivity index (χ4v) is 3.23. The number of aromatic nitrogens is 2. The van der Waals surface area contributed by atoms with Gasteiger partial charge in [0.25, 0.3) is 0 Å². The number of hydrogen-bond donors (Lipinski definition) is 2. The molecular weight excluding hydrogens is 415 g/mol. The van der Waals surface area contributed by atoms with Gasteiger partial charge in [-0.1, -0.05) is 13.8 Å². The van der Waals surface area contributed by atoms with E-state index in [1.54, 1.807) is 6.20 Å². The van der Waals surface area contributed by atoms with Crippen LogP contribution in [0.5, 0.6) is 0 Å². The summed E-state index contributed by atoms with van der Waals surface area (Å²) in [4.78, 5) is 31.7. The first kappa shape index (κ1) is 21.2. The van der Waals surface area contributed by atoms with Crippen molar-refractivity contribution in [1.82, 2.24) is 9.97 Å². The summed E-state index contributed by atoms with van der Waals surface area (Å²) in [6.45, 7) is 3.93. The molecule has 0 bridgehead atoms. The van der Waals surface area contributed by atoms with Crippen molar-refractivity contribution in [2.24, 2.45) is 0 Å². The average molecular weight is 428 g/mol. The van der Waals surface area contributed by atoms with Crippen molar-refractivity contribution in [3.8, 4) is 0 Å². The molecule has 0 saturated heterocycles. The van der Waals surface area contributed by atoms with Crippen LogP contribution >= 0.6 is 22.7 Å². The van der Waals surface area contributed by atoms with E-state index >= 15 is 0 Å². The van der Waals surface area contributed by atoms with Gasteiger partial charge in [0.1, 0.15) is 0 Å². The first-order valence-corrected chi connectivity index (χ1v) is 9.05. The predicted octanol–water partition coefficient (Wildman–Crippen LogP) is 4.04. The van der Waals surface area contributed by atoms with Crippen LogP contribution in [0.15, 0.2) is 11.6 Å². The van der Waals surface area contributed by atoms with Gasteiger partial charge in [-0.15, -0.1) is 22.7 Å². The van der Waals surface area contributed by atoms with E-state index in [2.05, 4.69) is 15.3 Å². The summed E-state index contributed by atoms with van der Waals surface area (Å²) in [7, 11) is 0. The number of rotatable bonds is 6. The van der Waals surface area contributed by atoms with Gasteiger partial charge in [-0.05, 0) is 5.92 Å². The lowest BCUT2D eigenvalue weighted by Gasteiger charge is -2.17. The molecule has 2 N–H and O–H groups in total. The van der Waals surface area contributed by atoms with Crippen molar-refractivity contribution >= 4 is 44.8 Å². The molecule has 0 atom stereocenters. The van der Waals surface area contributed by atoms with Crippen LogP contribution < -0.4 is 10.6 Å². The van der Waals surface area contributed by atoms with Crippen LogP contribution in [-0.2, 0) is 16.0 Å². The van der Waals surface area contributed by atoms with E-state index in [1.165, 1.54) is 22.0 Å². The van der Waals surface area contributed by atoms with Gasteiger partial charge in [0.15, 0.2) is 10.3 Å². The smallest absolute Gasteiger partial charge is 0.302 e. The fraction of sp³-hybridized carbons (Fsp3) is 0.429. The Balaban J connectivity index is 1.95. The van der Waals surface area contributed by atoms with Gasteiger partial charge in [-0.25, -0.2) is 9.97 Å². The Hall–Kier alpha value is -2.15. The van der Waals surface area contributed by atoms with Gasteiger partial charge in [-0.3, -0.25) is 14.9 Å². The summed E-state index contributed by atoms with van der Waals surface area (Å²) >= 11 is 1.91. The van der Waals surface area contributed by atoms with Crippen LogP contribution in [0.2, 0.25) is 0 Å². The number of nitrogens with zero attached hydrogens (tertiary/aromatic N) is 2. The molecule has 2 aromatic heterocycles. The Bertz CT molecular complexity index is 832. The summed E-state index contributed by atoms with van der Waals surface area (Å²) in [5.41, 5.74) is 0.101. The second-order valence-electron chi connectivity index (χ2n) is 5.62. The molecule has 0 aliphatic carbocycles. The van der Waals surface area contributed by atoms with E-state index in [1.807, 2.05) is 13.8 Å². The maximum absolute atomic E-state index is 12.9. The summed E-state index contributed by atoms with van der Waals surface area (Å²) in [6.07, 6.45) is -4.65. The zero-order chi connectivity index (χ0) is 20.4. The molecule has 0 aliphatic rings. The molecule has 27 heavy (non-hydrogen) atoms. The molecule has 2 heterocycles. The van der Waals surface area contributed by atoms with Crippen molar-refractivity contribution in [1.29, 1.82) is 0 Å². The normalized spacial score (nSPS) is 12.3. The number of hydrogen-bond acceptors (Lipinski definition) is 6. The van der Waals surface area contributed by atoms with E-state index < -0.39 is 29.0 Å². The number of alkyl halides is 5. The Labute approximate surface area is 157 Å². The van der Waals surface area contributed by atoms with Crippen LogP contribution in [0.25, 0.3) is 0 Å². The second-order valence-corrected chi connectivity index (χ2v) is 7.54. The molecule has 0 saturated carbocycles. The quantitative estimate of drug-likeness (QED) is 0.681. The standard InChI is InChI=1S/C14H13F5N4O2S2/c1-6(2)8-4-20-11(27-8)22-9(24)3-7-5-26-12(21-7)23-10(25)13(15,16)14(17,18)19/h4-6H,3H2,1-2H3,(H,20,22,24)(H,21,23,25). The molecule has 13 heteroatoms. The molecular formula is C14H13F5N4O2S2. The predicted molar refractivity (Wildman–Crippen MR) is 90.3 cm³/mol. The van der Waals surface area contributed by atoms with E-state index in [-0.39, 0.29) is 18.0 Å². The molecule has 2 amide bonds. The topological polar surface area (TPSA) is 84.0 Å². The zero-order valence-corrected chi connectivity index (χ0v) is 15.5. The van der Waals surface area contributed by atoms with Gasteiger partial charge in [0, 0.05) is 16.5 Å². The maximum Gasteiger partial charge on any atom is 0.463 e. The molecule has 6 nitrogen and oxygen atoms in total. The number of carbonyl (C=O) groups excluding carboxylic acids is 2. The number of nitrogens with one attached hydrogen (secondary N) is 2. The molecule has 0 aliphatic heterocycles. The first-order valence-electron chi connectivity index (χ1n) is 7.36. The number of halogens is 5. The van der Waals surface area contributed by atoms with Gasteiger partial charge in [-0.2, -0.15) is 22.0 Å². The highest BCUT2D eigenvalue weighted by Crippen LogP contribution is 2.36. The van der Waals surface area contributed by atoms with Gasteiger partial charge in [0.2, 0.25) is 5.91 Å². The molecule has 0 radical (unpaired) electrons. The molecule has 148 valence electrons. The summed E-state index contributed by atoms with van der Waals surface area (Å²) in [6, 6.07) is 0. The van der Waals surface area contributed by atoms with Crippen LogP contribution in [0.3, 0.4) is 0 Å². The van der Waals surface area contributed by atoms with E-state index in [0.29, 0.717) is 16.5 Å². The highest BCUT2D eigenvalue weighted by atomic mass is 32.1. The highest BCUT2D eigenvalue weighted by molar-refractivity contribution is 7.15. The maximum atomic E-state index is 12.9. The van der Waals surface area contributed by atoms with Crippen LogP contribution in [-0.4, -0.2) is 33.9 Å². The fourth-order valence-electron chi connectivity index (χ4n) is 1.69. The Kier molecular flexibility index (Phi) is 6.14. The first-order chi connectivity index (χ1) is 12.4. The van der Waals surface area contributed by atoms with Crippen LogP contribution in [0.1, 0.15) is 30.3 Å². The minimum Gasteiger partial charge on any atom is -0.302 e. The van der Waals surface area contributed by atoms with Crippen molar-refractivity contribution in [3.63, 3.8) is 0 Å². The largest absolute Gasteiger partial charge is 0.463 e. The second kappa shape index (κ2) is 7.84. The summed E-state index contributed by atoms with van der Waals surface area (Å²) in [5.74, 6) is -8.34. The van der Waals surface area contributed by atoms with E-state index in [9.17, 15) is 31.5 Å². The Morgan fingerprint density at radius 1 is 1.15 bits per heavy atom. The van der Waals surface area contributed by atoms with Crippen molar-refractivity contribution in [3.05, 3.63) is 22.1 Å². The summed E-state index contributed by atoms with van der Waals surface area (Å²) < 4.78 is 62.2. The minimum atomic E-state index is -6.01. The molecule has 0 fully saturated rings. The molecule has 2 aromatic rings. The van der Waals surface area contributed by atoms with E-state index in [4.69, 9.17) is 0 Å². The number of carbonyl (C=O) groups is 2. The SMILES string of the molecule is CC(C)c1cnc(NC(=O)Cc2csc(NC(=O)C(F)(F)C(F)(F)F)n2)s1.